The summed E-state index contributed by atoms with van der Waals surface area (Å²) in [6.45, 7) is 5.06. The van der Waals surface area contributed by atoms with E-state index in [4.69, 9.17) is 0 Å². The summed E-state index contributed by atoms with van der Waals surface area (Å²) in [7, 11) is 1.90. The van der Waals surface area contributed by atoms with Gasteiger partial charge in [-0.1, -0.05) is 0 Å². The van der Waals surface area contributed by atoms with E-state index in [2.05, 4.69) is 36.6 Å². The fraction of sp³-hybridized carbons (Fsp3) is 0.615. The molecule has 0 radical (unpaired) electrons. The van der Waals surface area contributed by atoms with Crippen LogP contribution in [0.1, 0.15) is 29.5 Å². The Hall–Kier alpha value is -0.870. The summed E-state index contributed by atoms with van der Waals surface area (Å²) >= 11 is 1.80. The Labute approximate surface area is 108 Å². The Morgan fingerprint density at radius 3 is 2.82 bits per heavy atom. The van der Waals surface area contributed by atoms with Gasteiger partial charge in [-0.05, 0) is 46.0 Å². The number of hydrogen-bond acceptors (Lipinski definition) is 3. The molecule has 0 saturated heterocycles. The number of aryl methyl sites for hydroxylation is 1. The summed E-state index contributed by atoms with van der Waals surface area (Å²) in [5.74, 6) is 0.154. The Kier molecular flexibility index (Phi) is 6.22. The molecule has 0 aromatic carbocycles. The zero-order valence-electron chi connectivity index (χ0n) is 10.9. The monoisotopic (exact) mass is 254 g/mol. The van der Waals surface area contributed by atoms with E-state index in [1.54, 1.807) is 11.3 Å². The van der Waals surface area contributed by atoms with Crippen LogP contribution in [-0.4, -0.2) is 25.5 Å². The van der Waals surface area contributed by atoms with E-state index in [0.29, 0.717) is 6.42 Å². The van der Waals surface area contributed by atoms with E-state index in [1.165, 1.54) is 9.75 Å². The van der Waals surface area contributed by atoms with Crippen molar-refractivity contribution in [3.63, 3.8) is 0 Å². The van der Waals surface area contributed by atoms with Crippen molar-refractivity contribution < 1.29 is 4.79 Å². The highest BCUT2D eigenvalue weighted by Crippen LogP contribution is 2.16. The molecular formula is C13H22N2OS. The van der Waals surface area contributed by atoms with Gasteiger partial charge in [-0.15, -0.1) is 11.3 Å². The number of thiophene rings is 1. The molecule has 0 bridgehead atoms. The molecule has 0 saturated carbocycles. The van der Waals surface area contributed by atoms with Crippen LogP contribution in [0.4, 0.5) is 0 Å². The van der Waals surface area contributed by atoms with Crippen LogP contribution >= 0.6 is 11.3 Å². The van der Waals surface area contributed by atoms with Crippen LogP contribution in [0, 0.1) is 6.92 Å². The van der Waals surface area contributed by atoms with Crippen molar-refractivity contribution in [2.24, 2.45) is 0 Å². The molecule has 1 rings (SSSR count). The van der Waals surface area contributed by atoms with E-state index < -0.39 is 0 Å². The average molecular weight is 254 g/mol. The predicted octanol–water partition coefficient (Wildman–Crippen LogP) is 2.10. The SMILES string of the molecule is CNCCCC(=O)NC(C)Cc1ccc(C)s1. The second-order valence-corrected chi connectivity index (χ2v) is 5.76. The van der Waals surface area contributed by atoms with E-state index in [-0.39, 0.29) is 11.9 Å². The molecule has 1 atom stereocenters. The lowest BCUT2D eigenvalue weighted by Gasteiger charge is -2.12. The second kappa shape index (κ2) is 7.45. The average Bonchev–Trinajstić information content (AvgIpc) is 2.64. The molecular weight excluding hydrogens is 232 g/mol. The molecule has 0 aliphatic heterocycles. The van der Waals surface area contributed by atoms with Gasteiger partial charge in [-0.2, -0.15) is 0 Å². The molecule has 2 N–H and O–H groups in total. The maximum absolute atomic E-state index is 11.6. The molecule has 17 heavy (non-hydrogen) atoms. The minimum atomic E-state index is 0.154. The van der Waals surface area contributed by atoms with Gasteiger partial charge in [0, 0.05) is 28.6 Å². The maximum atomic E-state index is 11.6. The van der Waals surface area contributed by atoms with Crippen LogP contribution < -0.4 is 10.6 Å². The molecule has 3 nitrogen and oxygen atoms in total. The van der Waals surface area contributed by atoms with Gasteiger partial charge in [-0.3, -0.25) is 4.79 Å². The smallest absolute Gasteiger partial charge is 0.220 e. The van der Waals surface area contributed by atoms with E-state index >= 15 is 0 Å². The molecule has 0 spiro atoms. The number of rotatable bonds is 7. The van der Waals surface area contributed by atoms with Crippen LogP contribution in [0.2, 0.25) is 0 Å². The highest BCUT2D eigenvalue weighted by Gasteiger charge is 2.08. The predicted molar refractivity (Wildman–Crippen MR) is 73.5 cm³/mol. The van der Waals surface area contributed by atoms with Gasteiger partial charge in [0.1, 0.15) is 0 Å². The molecule has 0 aliphatic carbocycles. The van der Waals surface area contributed by atoms with Gasteiger partial charge in [0.2, 0.25) is 5.91 Å². The lowest BCUT2D eigenvalue weighted by molar-refractivity contribution is -0.121. The third-order valence-electron chi connectivity index (χ3n) is 2.54. The zero-order chi connectivity index (χ0) is 12.7. The molecule has 0 aliphatic rings. The summed E-state index contributed by atoms with van der Waals surface area (Å²) in [6, 6.07) is 4.49. The normalized spacial score (nSPS) is 12.4. The standard InChI is InChI=1S/C13H22N2OS/c1-10(9-12-7-6-11(2)17-12)15-13(16)5-4-8-14-3/h6-7,10,14H,4-5,8-9H2,1-3H3,(H,15,16). The highest BCUT2D eigenvalue weighted by atomic mass is 32.1. The van der Waals surface area contributed by atoms with E-state index in [0.717, 1.165) is 19.4 Å². The van der Waals surface area contributed by atoms with Crippen LogP contribution in [0.25, 0.3) is 0 Å². The molecule has 1 heterocycles. The first-order valence-electron chi connectivity index (χ1n) is 6.11. The number of carbonyl (C=O) groups excluding carboxylic acids is 1. The van der Waals surface area contributed by atoms with Crippen molar-refractivity contribution in [1.82, 2.24) is 10.6 Å². The zero-order valence-corrected chi connectivity index (χ0v) is 11.7. The number of amides is 1. The number of nitrogens with one attached hydrogen (secondary N) is 2. The first kappa shape index (κ1) is 14.2. The Morgan fingerprint density at radius 1 is 1.47 bits per heavy atom. The van der Waals surface area contributed by atoms with Crippen LogP contribution in [0.15, 0.2) is 12.1 Å². The van der Waals surface area contributed by atoms with Gasteiger partial charge in [0.15, 0.2) is 0 Å². The van der Waals surface area contributed by atoms with Gasteiger partial charge in [0.25, 0.3) is 0 Å². The highest BCUT2D eigenvalue weighted by molar-refractivity contribution is 7.11. The first-order chi connectivity index (χ1) is 8.11. The molecule has 1 aromatic heterocycles. The summed E-state index contributed by atoms with van der Waals surface area (Å²) in [6.07, 6.45) is 2.43. The molecule has 96 valence electrons. The van der Waals surface area contributed by atoms with Crippen LogP contribution in [0.5, 0.6) is 0 Å². The minimum absolute atomic E-state index is 0.154. The van der Waals surface area contributed by atoms with Crippen molar-refractivity contribution >= 4 is 17.2 Å². The summed E-state index contributed by atoms with van der Waals surface area (Å²) in [4.78, 5) is 14.3. The Bertz CT molecular complexity index is 349. The van der Waals surface area contributed by atoms with Crippen molar-refractivity contribution in [1.29, 1.82) is 0 Å². The molecule has 4 heteroatoms. The van der Waals surface area contributed by atoms with Crippen molar-refractivity contribution in [3.05, 3.63) is 21.9 Å². The molecule has 1 aromatic rings. The van der Waals surface area contributed by atoms with Gasteiger partial charge in [0.05, 0.1) is 0 Å². The Morgan fingerprint density at radius 2 is 2.24 bits per heavy atom. The number of hydrogen-bond donors (Lipinski definition) is 2. The minimum Gasteiger partial charge on any atom is -0.353 e. The molecule has 1 unspecified atom stereocenters. The third-order valence-corrected chi connectivity index (χ3v) is 3.56. The lowest BCUT2D eigenvalue weighted by atomic mass is 10.2. The second-order valence-electron chi connectivity index (χ2n) is 4.39. The van der Waals surface area contributed by atoms with E-state index in [9.17, 15) is 4.79 Å². The summed E-state index contributed by atoms with van der Waals surface area (Å²) in [5.41, 5.74) is 0. The van der Waals surface area contributed by atoms with Crippen LogP contribution in [0.3, 0.4) is 0 Å². The van der Waals surface area contributed by atoms with Gasteiger partial charge in [-0.25, -0.2) is 0 Å². The summed E-state index contributed by atoms with van der Waals surface area (Å²) in [5, 5.41) is 6.08. The van der Waals surface area contributed by atoms with Gasteiger partial charge < -0.3 is 10.6 Å². The summed E-state index contributed by atoms with van der Waals surface area (Å²) < 4.78 is 0. The van der Waals surface area contributed by atoms with Crippen molar-refractivity contribution in [2.45, 2.75) is 39.2 Å². The molecule has 0 fully saturated rings. The molecule has 1 amide bonds. The third kappa shape index (κ3) is 5.84. The lowest BCUT2D eigenvalue weighted by Crippen LogP contribution is -2.34. The fourth-order valence-electron chi connectivity index (χ4n) is 1.72. The Balaban J connectivity index is 2.24. The topological polar surface area (TPSA) is 41.1 Å². The maximum Gasteiger partial charge on any atom is 0.220 e. The van der Waals surface area contributed by atoms with Crippen LogP contribution in [-0.2, 0) is 11.2 Å². The largest absolute Gasteiger partial charge is 0.353 e. The van der Waals surface area contributed by atoms with Crippen molar-refractivity contribution in [2.75, 3.05) is 13.6 Å². The fourth-order valence-corrected chi connectivity index (χ4v) is 2.74. The number of carbonyl (C=O) groups is 1. The van der Waals surface area contributed by atoms with Crippen molar-refractivity contribution in [3.8, 4) is 0 Å². The first-order valence-corrected chi connectivity index (χ1v) is 6.92. The quantitative estimate of drug-likeness (QED) is 0.732. The van der Waals surface area contributed by atoms with E-state index in [1.807, 2.05) is 7.05 Å². The van der Waals surface area contributed by atoms with Gasteiger partial charge >= 0.3 is 0 Å².